The molecular formula is C29H22Br2N2O3S. The average Bonchev–Trinajstić information content (AvgIpc) is 3.21. The normalized spacial score (nSPS) is 16.5. The van der Waals surface area contributed by atoms with Gasteiger partial charge in [0.1, 0.15) is 11.5 Å². The molecule has 0 fully saturated rings. The van der Waals surface area contributed by atoms with Crippen LogP contribution in [-0.4, -0.2) is 18.8 Å². The van der Waals surface area contributed by atoms with Crippen LogP contribution in [-0.2, 0) is 6.42 Å². The first-order valence-electron chi connectivity index (χ1n) is 11.8. The minimum atomic E-state index is -0.220. The second-order valence-corrected chi connectivity index (χ2v) is 11.6. The molecule has 2 heterocycles. The van der Waals surface area contributed by atoms with Gasteiger partial charge in [-0.15, -0.1) is 0 Å². The first-order chi connectivity index (χ1) is 18.0. The van der Waals surface area contributed by atoms with Gasteiger partial charge in [0, 0.05) is 5.56 Å². The molecule has 0 radical (unpaired) electrons. The molecule has 1 aromatic heterocycles. The van der Waals surface area contributed by atoms with Gasteiger partial charge in [-0.25, -0.2) is 4.99 Å². The Labute approximate surface area is 234 Å². The molecule has 5 nitrogen and oxygen atoms in total. The maximum absolute atomic E-state index is 13.9. The minimum Gasteiger partial charge on any atom is -0.497 e. The van der Waals surface area contributed by atoms with Crippen LogP contribution >= 0.6 is 43.2 Å². The number of halogens is 2. The molecular weight excluding hydrogens is 616 g/mol. The van der Waals surface area contributed by atoms with Crippen LogP contribution < -0.4 is 24.4 Å². The number of allylic oxidation sites excluding steroid dienone is 1. The van der Waals surface area contributed by atoms with E-state index in [1.165, 1.54) is 22.5 Å². The molecule has 1 aliphatic carbocycles. The van der Waals surface area contributed by atoms with Crippen molar-refractivity contribution in [2.24, 2.45) is 4.99 Å². The second kappa shape index (κ2) is 9.74. The first-order valence-corrected chi connectivity index (χ1v) is 14.2. The zero-order valence-corrected chi connectivity index (χ0v) is 24.1. The molecule has 2 aliphatic rings. The summed E-state index contributed by atoms with van der Waals surface area (Å²) in [5, 5.41) is 0. The Morgan fingerprint density at radius 1 is 1.00 bits per heavy atom. The van der Waals surface area contributed by atoms with E-state index in [1.54, 1.807) is 14.2 Å². The van der Waals surface area contributed by atoms with Gasteiger partial charge in [0.15, 0.2) is 4.80 Å². The molecule has 37 heavy (non-hydrogen) atoms. The molecule has 0 unspecified atom stereocenters. The van der Waals surface area contributed by atoms with E-state index in [0.29, 0.717) is 15.1 Å². The molecule has 3 aromatic carbocycles. The molecule has 0 amide bonds. The maximum Gasteiger partial charge on any atom is 0.271 e. The fraction of sp³-hybridized carbons (Fsp3) is 0.172. The highest BCUT2D eigenvalue weighted by Crippen LogP contribution is 2.41. The van der Waals surface area contributed by atoms with Crippen LogP contribution in [0.4, 0.5) is 0 Å². The Balaban J connectivity index is 1.59. The number of fused-ring (bicyclic) bond motifs is 3. The van der Waals surface area contributed by atoms with E-state index in [-0.39, 0.29) is 11.6 Å². The predicted octanol–water partition coefficient (Wildman–Crippen LogP) is 5.86. The van der Waals surface area contributed by atoms with Crippen LogP contribution in [0.5, 0.6) is 11.5 Å². The van der Waals surface area contributed by atoms with Crippen LogP contribution in [0.15, 0.2) is 85.0 Å². The highest BCUT2D eigenvalue weighted by Gasteiger charge is 2.32. The van der Waals surface area contributed by atoms with Crippen LogP contribution in [0, 0.1) is 0 Å². The van der Waals surface area contributed by atoms with E-state index in [1.807, 2.05) is 34.9 Å². The molecule has 1 atom stereocenters. The number of hydrogen-bond acceptors (Lipinski definition) is 5. The van der Waals surface area contributed by atoms with Crippen molar-refractivity contribution in [1.29, 1.82) is 0 Å². The highest BCUT2D eigenvalue weighted by atomic mass is 79.9. The molecule has 0 bridgehead atoms. The summed E-state index contributed by atoms with van der Waals surface area (Å²) in [6, 6.07) is 20.1. The Hall–Kier alpha value is -2.94. The summed E-state index contributed by atoms with van der Waals surface area (Å²) in [4.78, 5) is 19.7. The lowest BCUT2D eigenvalue weighted by molar-refractivity contribution is 0.409. The number of aromatic nitrogens is 1. The third-order valence-electron chi connectivity index (χ3n) is 6.83. The van der Waals surface area contributed by atoms with E-state index in [4.69, 9.17) is 14.5 Å². The van der Waals surface area contributed by atoms with Crippen LogP contribution in [0.3, 0.4) is 0 Å². The van der Waals surface area contributed by atoms with E-state index < -0.39 is 0 Å². The quantitative estimate of drug-likeness (QED) is 0.282. The van der Waals surface area contributed by atoms with Gasteiger partial charge < -0.3 is 9.47 Å². The van der Waals surface area contributed by atoms with Crippen molar-refractivity contribution in [1.82, 2.24) is 4.57 Å². The number of hydrogen-bond donors (Lipinski definition) is 0. The van der Waals surface area contributed by atoms with E-state index in [2.05, 4.69) is 68.3 Å². The number of benzene rings is 3. The third kappa shape index (κ3) is 4.21. The number of thiazole rings is 1. The lowest BCUT2D eigenvalue weighted by Crippen LogP contribution is -2.38. The van der Waals surface area contributed by atoms with Gasteiger partial charge in [-0.1, -0.05) is 47.7 Å². The van der Waals surface area contributed by atoms with Gasteiger partial charge in [-0.3, -0.25) is 9.36 Å². The Bertz CT molecular complexity index is 1730. The summed E-state index contributed by atoms with van der Waals surface area (Å²) in [5.74, 6) is 1.50. The number of methoxy groups -OCH3 is 2. The number of aryl methyl sites for hydroxylation is 1. The van der Waals surface area contributed by atoms with E-state index in [9.17, 15) is 4.79 Å². The molecule has 186 valence electrons. The molecule has 4 aromatic rings. The van der Waals surface area contributed by atoms with Gasteiger partial charge in [-0.05, 0) is 97.3 Å². The molecule has 6 rings (SSSR count). The summed E-state index contributed by atoms with van der Waals surface area (Å²) in [6.45, 7) is 0. The lowest BCUT2D eigenvalue weighted by Gasteiger charge is -2.30. The predicted molar refractivity (Wildman–Crippen MR) is 154 cm³/mol. The third-order valence-corrected chi connectivity index (χ3v) is 8.99. The fourth-order valence-corrected chi connectivity index (χ4v) is 7.66. The summed E-state index contributed by atoms with van der Waals surface area (Å²) in [5.41, 5.74) is 6.51. The zero-order chi connectivity index (χ0) is 25.7. The average molecular weight is 638 g/mol. The van der Waals surface area contributed by atoms with Crippen LogP contribution in [0.2, 0.25) is 0 Å². The van der Waals surface area contributed by atoms with Gasteiger partial charge in [0.2, 0.25) is 0 Å². The van der Waals surface area contributed by atoms with Crippen molar-refractivity contribution < 1.29 is 9.47 Å². The minimum absolute atomic E-state index is 0.0435. The van der Waals surface area contributed by atoms with Crippen molar-refractivity contribution in [3.05, 3.63) is 117 Å². The number of ether oxygens (including phenoxy) is 2. The summed E-state index contributed by atoms with van der Waals surface area (Å²) < 4.78 is 14.9. The summed E-state index contributed by atoms with van der Waals surface area (Å²) >= 11 is 8.55. The first kappa shape index (κ1) is 24.4. The highest BCUT2D eigenvalue weighted by molar-refractivity contribution is 9.11. The summed E-state index contributed by atoms with van der Waals surface area (Å²) in [6.07, 6.45) is 3.70. The SMILES string of the molecule is COc1ccc([C@@H]2C3=C(N=c4s/c(=C\c5cc(Br)c(OC)c(Br)c5)c(=O)n42)c2ccccc2CC3)cc1. The topological polar surface area (TPSA) is 52.8 Å². The van der Waals surface area contributed by atoms with Gasteiger partial charge in [0.25, 0.3) is 5.56 Å². The van der Waals surface area contributed by atoms with Crippen molar-refractivity contribution in [2.75, 3.05) is 14.2 Å². The Morgan fingerprint density at radius 3 is 2.43 bits per heavy atom. The molecule has 8 heteroatoms. The molecule has 0 spiro atoms. The van der Waals surface area contributed by atoms with Crippen LogP contribution in [0.1, 0.15) is 34.7 Å². The van der Waals surface area contributed by atoms with E-state index in [0.717, 1.165) is 49.9 Å². The number of rotatable bonds is 4. The number of nitrogens with zero attached hydrogens (tertiary/aromatic N) is 2. The monoisotopic (exact) mass is 636 g/mol. The largest absolute Gasteiger partial charge is 0.497 e. The summed E-state index contributed by atoms with van der Waals surface area (Å²) in [7, 11) is 3.29. The van der Waals surface area contributed by atoms with Gasteiger partial charge in [-0.2, -0.15) is 0 Å². The standard InChI is InChI=1S/C29H22Br2N2O3S/c1-35-19-10-7-18(8-11-19)26-21-12-9-17-5-3-4-6-20(17)25(21)32-29-33(26)28(34)24(37-29)15-16-13-22(30)27(36-2)23(31)14-16/h3-8,10-11,13-15,26H,9,12H2,1-2H3/b24-15-/t26-/m1/s1. The Morgan fingerprint density at radius 2 is 1.73 bits per heavy atom. The second-order valence-electron chi connectivity index (χ2n) is 8.90. The molecule has 0 saturated carbocycles. The van der Waals surface area contributed by atoms with Gasteiger partial charge >= 0.3 is 0 Å². The molecule has 0 N–H and O–H groups in total. The molecule has 1 aliphatic heterocycles. The van der Waals surface area contributed by atoms with Crippen molar-refractivity contribution in [3.8, 4) is 11.5 Å². The van der Waals surface area contributed by atoms with Crippen molar-refractivity contribution >= 4 is 55.0 Å². The van der Waals surface area contributed by atoms with Crippen molar-refractivity contribution in [3.63, 3.8) is 0 Å². The lowest BCUT2D eigenvalue weighted by atomic mass is 9.83. The fourth-order valence-electron chi connectivity index (χ4n) is 5.12. The van der Waals surface area contributed by atoms with Gasteiger partial charge in [0.05, 0.1) is 39.4 Å². The zero-order valence-electron chi connectivity index (χ0n) is 20.1. The van der Waals surface area contributed by atoms with E-state index >= 15 is 0 Å². The maximum atomic E-state index is 13.9. The Kier molecular flexibility index (Phi) is 6.42. The van der Waals surface area contributed by atoms with Crippen LogP contribution in [0.25, 0.3) is 11.8 Å². The smallest absolute Gasteiger partial charge is 0.271 e. The van der Waals surface area contributed by atoms with Crippen molar-refractivity contribution in [2.45, 2.75) is 18.9 Å². The molecule has 0 saturated heterocycles.